The molecule has 1 saturated heterocycles. The highest BCUT2D eigenvalue weighted by molar-refractivity contribution is 6.32. The highest BCUT2D eigenvalue weighted by Crippen LogP contribution is 2.13. The van der Waals surface area contributed by atoms with Crippen LogP contribution in [0.2, 0.25) is 5.15 Å². The number of hydrogen-bond acceptors (Lipinski definition) is 3. The number of amides is 1. The summed E-state index contributed by atoms with van der Waals surface area (Å²) in [4.78, 5) is 17.6. The first kappa shape index (κ1) is 17.8. The Morgan fingerprint density at radius 1 is 1.28 bits per heavy atom. The fraction of sp³-hybridized carbons (Fsp3) is 0.333. The third-order valence-corrected chi connectivity index (χ3v) is 4.67. The number of nitrogens with one attached hydrogen (secondary N) is 2. The van der Waals surface area contributed by atoms with Crippen molar-refractivity contribution in [3.63, 3.8) is 0 Å². The molecule has 0 spiro atoms. The van der Waals surface area contributed by atoms with Crippen LogP contribution >= 0.6 is 11.6 Å². The first-order valence-electron chi connectivity index (χ1n) is 8.21. The van der Waals surface area contributed by atoms with E-state index in [0.717, 1.165) is 18.7 Å². The van der Waals surface area contributed by atoms with Gasteiger partial charge in [0.1, 0.15) is 30.1 Å². The van der Waals surface area contributed by atoms with Crippen molar-refractivity contribution in [3.8, 4) is 0 Å². The molecule has 5 nitrogen and oxygen atoms in total. The molecule has 0 bridgehead atoms. The van der Waals surface area contributed by atoms with Crippen LogP contribution in [0.5, 0.6) is 0 Å². The van der Waals surface area contributed by atoms with Crippen LogP contribution in [0.1, 0.15) is 22.0 Å². The number of morpholine rings is 1. The van der Waals surface area contributed by atoms with Crippen LogP contribution in [-0.2, 0) is 4.74 Å². The van der Waals surface area contributed by atoms with Gasteiger partial charge in [-0.15, -0.1) is 0 Å². The second kappa shape index (κ2) is 8.38. The third-order valence-electron chi connectivity index (χ3n) is 4.37. The molecule has 3 rings (SSSR count). The first-order valence-corrected chi connectivity index (χ1v) is 8.59. The largest absolute Gasteiger partial charge is 0.370 e. The summed E-state index contributed by atoms with van der Waals surface area (Å²) in [6.07, 6.45) is 1.54. The molecule has 1 amide bonds. The molecule has 1 aromatic carbocycles. The van der Waals surface area contributed by atoms with Crippen LogP contribution in [0.3, 0.4) is 0 Å². The number of aromatic nitrogens is 1. The summed E-state index contributed by atoms with van der Waals surface area (Å²) in [7, 11) is 0. The third kappa shape index (κ3) is 4.54. The normalized spacial score (nSPS) is 16.4. The minimum absolute atomic E-state index is 0.0175. The molecular formula is C18H20ClFN3O2+. The van der Waals surface area contributed by atoms with Gasteiger partial charge >= 0.3 is 0 Å². The van der Waals surface area contributed by atoms with Gasteiger partial charge in [0.2, 0.25) is 0 Å². The Labute approximate surface area is 150 Å². The van der Waals surface area contributed by atoms with E-state index < -0.39 is 0 Å². The van der Waals surface area contributed by atoms with Crippen LogP contribution < -0.4 is 10.2 Å². The number of rotatable bonds is 5. The van der Waals surface area contributed by atoms with Crippen LogP contribution in [0.15, 0.2) is 42.6 Å². The highest BCUT2D eigenvalue weighted by Gasteiger charge is 2.27. The number of pyridine rings is 1. The van der Waals surface area contributed by atoms with Crippen LogP contribution in [-0.4, -0.2) is 43.7 Å². The SMILES string of the molecule is O=C(NC[C@@H](c1ccc(F)cc1)[NH+]1CCOCC1)c1cccnc1Cl. The minimum Gasteiger partial charge on any atom is -0.370 e. The lowest BCUT2D eigenvalue weighted by atomic mass is 10.0. The van der Waals surface area contributed by atoms with Crippen LogP contribution in [0.4, 0.5) is 4.39 Å². The highest BCUT2D eigenvalue weighted by atomic mass is 35.5. The van der Waals surface area contributed by atoms with Gasteiger partial charge in [0.05, 0.1) is 25.3 Å². The molecule has 7 heteroatoms. The van der Waals surface area contributed by atoms with E-state index in [2.05, 4.69) is 10.3 Å². The maximum atomic E-state index is 13.3. The average molecular weight is 365 g/mol. The quantitative estimate of drug-likeness (QED) is 0.785. The van der Waals surface area contributed by atoms with Crippen molar-refractivity contribution in [1.29, 1.82) is 0 Å². The predicted molar refractivity (Wildman–Crippen MR) is 92.2 cm³/mol. The molecule has 0 unspecified atom stereocenters. The Kier molecular flexibility index (Phi) is 5.96. The van der Waals surface area contributed by atoms with Crippen molar-refractivity contribution in [2.45, 2.75) is 6.04 Å². The van der Waals surface area contributed by atoms with Crippen molar-refractivity contribution in [3.05, 3.63) is 64.7 Å². The number of hydrogen-bond donors (Lipinski definition) is 2. The summed E-state index contributed by atoms with van der Waals surface area (Å²) in [6, 6.07) is 9.76. The summed E-state index contributed by atoms with van der Waals surface area (Å²) in [5, 5.41) is 3.11. The number of quaternary nitrogens is 1. The zero-order chi connectivity index (χ0) is 17.6. The monoisotopic (exact) mass is 364 g/mol. The van der Waals surface area contributed by atoms with Gasteiger partial charge in [-0.1, -0.05) is 23.7 Å². The molecule has 132 valence electrons. The van der Waals surface area contributed by atoms with Crippen LogP contribution in [0, 0.1) is 5.82 Å². The zero-order valence-corrected chi connectivity index (χ0v) is 14.4. The zero-order valence-electron chi connectivity index (χ0n) is 13.7. The van der Waals surface area contributed by atoms with Gasteiger partial charge < -0.3 is 15.0 Å². The molecule has 1 fully saturated rings. The van der Waals surface area contributed by atoms with E-state index in [1.54, 1.807) is 24.3 Å². The molecule has 2 aromatic rings. The Morgan fingerprint density at radius 3 is 2.68 bits per heavy atom. The molecule has 0 aliphatic carbocycles. The van der Waals surface area contributed by atoms with Gasteiger partial charge in [-0.3, -0.25) is 4.79 Å². The minimum atomic E-state index is -0.273. The van der Waals surface area contributed by atoms with E-state index in [-0.39, 0.29) is 22.9 Å². The molecule has 0 saturated carbocycles. The summed E-state index contributed by atoms with van der Waals surface area (Å²) >= 11 is 5.98. The number of halogens is 2. The molecule has 2 N–H and O–H groups in total. The van der Waals surface area contributed by atoms with Gasteiger partial charge in [0.15, 0.2) is 0 Å². The second-order valence-corrected chi connectivity index (χ2v) is 6.28. The maximum absolute atomic E-state index is 13.3. The average Bonchev–Trinajstić information content (AvgIpc) is 2.64. The van der Waals surface area contributed by atoms with Gasteiger partial charge in [-0.25, -0.2) is 9.37 Å². The van der Waals surface area contributed by atoms with E-state index in [1.807, 2.05) is 0 Å². The van der Waals surface area contributed by atoms with Gasteiger partial charge in [-0.05, 0) is 24.3 Å². The molecule has 2 heterocycles. The summed E-state index contributed by atoms with van der Waals surface area (Å²) < 4.78 is 18.7. The summed E-state index contributed by atoms with van der Waals surface area (Å²) in [5.74, 6) is -0.538. The molecule has 1 aliphatic heterocycles. The predicted octanol–water partition coefficient (Wildman–Crippen LogP) is 1.26. The van der Waals surface area contributed by atoms with E-state index >= 15 is 0 Å². The fourth-order valence-electron chi connectivity index (χ4n) is 3.02. The van der Waals surface area contributed by atoms with Crippen molar-refractivity contribution in [2.24, 2.45) is 0 Å². The van der Waals surface area contributed by atoms with E-state index in [1.165, 1.54) is 23.2 Å². The van der Waals surface area contributed by atoms with Crippen molar-refractivity contribution in [2.75, 3.05) is 32.8 Å². The second-order valence-electron chi connectivity index (χ2n) is 5.93. The first-order chi connectivity index (χ1) is 12.1. The van der Waals surface area contributed by atoms with Gasteiger partial charge in [0, 0.05) is 11.8 Å². The Hall–Kier alpha value is -2.02. The topological polar surface area (TPSA) is 55.7 Å². The van der Waals surface area contributed by atoms with E-state index in [9.17, 15) is 9.18 Å². The Morgan fingerprint density at radius 2 is 2.00 bits per heavy atom. The Bertz CT molecular complexity index is 721. The lowest BCUT2D eigenvalue weighted by molar-refractivity contribution is -0.937. The van der Waals surface area contributed by atoms with E-state index in [0.29, 0.717) is 25.3 Å². The standard InChI is InChI=1S/C18H19ClFN3O2/c19-17-15(2-1-7-21-17)18(24)22-12-16(23-8-10-25-11-9-23)13-3-5-14(20)6-4-13/h1-7,16H,8-12H2,(H,22,24)/p+1/t16-/m0/s1. The Balaban J connectivity index is 1.74. The smallest absolute Gasteiger partial charge is 0.254 e. The molecule has 1 atom stereocenters. The van der Waals surface area contributed by atoms with Crippen LogP contribution in [0.25, 0.3) is 0 Å². The molecule has 0 radical (unpaired) electrons. The molecular weight excluding hydrogens is 345 g/mol. The lowest BCUT2D eigenvalue weighted by Gasteiger charge is -2.32. The number of benzene rings is 1. The van der Waals surface area contributed by atoms with Crippen molar-refractivity contribution >= 4 is 17.5 Å². The molecule has 25 heavy (non-hydrogen) atoms. The molecule has 1 aliphatic rings. The van der Waals surface area contributed by atoms with Gasteiger partial charge in [0.25, 0.3) is 5.91 Å². The van der Waals surface area contributed by atoms with Crippen molar-refractivity contribution in [1.82, 2.24) is 10.3 Å². The van der Waals surface area contributed by atoms with E-state index in [4.69, 9.17) is 16.3 Å². The summed E-state index contributed by atoms with van der Waals surface area (Å²) in [5.41, 5.74) is 1.33. The number of nitrogens with zero attached hydrogens (tertiary/aromatic N) is 1. The fourth-order valence-corrected chi connectivity index (χ4v) is 3.23. The number of carbonyl (C=O) groups is 1. The summed E-state index contributed by atoms with van der Waals surface area (Å²) in [6.45, 7) is 3.45. The van der Waals surface area contributed by atoms with Gasteiger partial charge in [-0.2, -0.15) is 0 Å². The number of ether oxygens (including phenoxy) is 1. The van der Waals surface area contributed by atoms with Crippen molar-refractivity contribution < 1.29 is 18.8 Å². The number of carbonyl (C=O) groups excluding carboxylic acids is 1. The maximum Gasteiger partial charge on any atom is 0.254 e. The molecule has 1 aromatic heterocycles. The lowest BCUT2D eigenvalue weighted by Crippen LogP contribution is -3.15.